The largest absolute Gasteiger partial charge is 0.858 e. The summed E-state index contributed by atoms with van der Waals surface area (Å²) >= 11 is 10.3. The first kappa shape index (κ1) is 27.3. The Hall–Kier alpha value is -0.980. The van der Waals surface area contributed by atoms with Crippen LogP contribution in [0.25, 0.3) is 0 Å². The molecule has 32 heavy (non-hydrogen) atoms. The summed E-state index contributed by atoms with van der Waals surface area (Å²) in [5, 5.41) is 12.5. The topological polar surface area (TPSA) is 76.0 Å². The van der Waals surface area contributed by atoms with Crippen LogP contribution in [-0.2, 0) is 57.7 Å². The number of piperazine rings is 1. The van der Waals surface area contributed by atoms with Crippen molar-refractivity contribution in [1.29, 1.82) is 0 Å². The number of sulfonamides is 1. The smallest absolute Gasteiger partial charge is 0.281 e. The number of rotatable bonds is 6. The van der Waals surface area contributed by atoms with Gasteiger partial charge in [-0.15, -0.1) is 0 Å². The molecule has 0 saturated carbocycles. The van der Waals surface area contributed by atoms with Crippen molar-refractivity contribution in [3.05, 3.63) is 54.1 Å². The number of hydrogen-bond donors (Lipinski definition) is 0. The average Bonchev–Trinajstić information content (AvgIpc) is 2.73. The van der Waals surface area contributed by atoms with E-state index in [4.69, 9.17) is 25.3 Å². The minimum Gasteiger partial charge on any atom is -0.858 e. The summed E-state index contributed by atoms with van der Waals surface area (Å²) < 4.78 is 28.9. The van der Waals surface area contributed by atoms with Crippen LogP contribution in [0.4, 0.5) is 11.4 Å². The molecule has 0 atom stereocenters. The molecule has 0 bridgehead atoms. The van der Waals surface area contributed by atoms with Gasteiger partial charge in [0.1, 0.15) is 5.69 Å². The van der Waals surface area contributed by atoms with Gasteiger partial charge in [-0.25, -0.2) is 4.71 Å². The Balaban J connectivity index is 0.00000363. The molecule has 2 aromatic carbocycles. The van der Waals surface area contributed by atoms with Gasteiger partial charge in [0.15, 0.2) is 0 Å². The molecule has 1 fully saturated rings. The van der Waals surface area contributed by atoms with E-state index in [0.29, 0.717) is 4.48 Å². The first-order valence-electron chi connectivity index (χ1n) is 9.82. The molecule has 7 nitrogen and oxygen atoms in total. The van der Waals surface area contributed by atoms with Gasteiger partial charge in [-0.05, 0) is 29.8 Å². The van der Waals surface area contributed by atoms with Gasteiger partial charge in [0.05, 0.1) is 26.0 Å². The van der Waals surface area contributed by atoms with Gasteiger partial charge in [0, 0.05) is 72.3 Å². The second kappa shape index (κ2) is 11.0. The van der Waals surface area contributed by atoms with Gasteiger partial charge < -0.3 is 40.2 Å². The van der Waals surface area contributed by atoms with Gasteiger partial charge >= 0.3 is 0 Å². The Morgan fingerprint density at radius 2 is 1.50 bits per heavy atom. The number of nitrogens with zero attached hydrogens (tertiary/aromatic N) is 4. The van der Waals surface area contributed by atoms with Crippen LogP contribution in [0.2, 0.25) is 0 Å². The fourth-order valence-electron chi connectivity index (χ4n) is 3.29. The SMILES string of the molecule is C[N+](C)(C)c1ccc(S(=O)(=O)N=C([O-])c2ccc(N3CCN(C([S-])[S-])CC3)cc2)cc1.[Au]. The molecule has 1 heterocycles. The zero-order chi connectivity index (χ0) is 22.8. The van der Waals surface area contributed by atoms with Crippen molar-refractivity contribution >= 4 is 52.6 Å². The summed E-state index contributed by atoms with van der Waals surface area (Å²) in [4.78, 5) is 4.24. The van der Waals surface area contributed by atoms with Crippen LogP contribution in [0.3, 0.4) is 0 Å². The average molecular weight is 676 g/mol. The molecule has 0 spiro atoms. The van der Waals surface area contributed by atoms with Crippen LogP contribution >= 0.6 is 0 Å². The summed E-state index contributed by atoms with van der Waals surface area (Å²) in [5.41, 5.74) is 2.13. The Morgan fingerprint density at radius 1 is 0.969 bits per heavy atom. The monoisotopic (exact) mass is 675 g/mol. The molecule has 1 aliphatic rings. The first-order chi connectivity index (χ1) is 14.5. The Kier molecular flexibility index (Phi) is 9.34. The maximum absolute atomic E-state index is 12.6. The fraction of sp³-hybridized carbons (Fsp3) is 0.381. The summed E-state index contributed by atoms with van der Waals surface area (Å²) in [6, 6.07) is 13.2. The van der Waals surface area contributed by atoms with Crippen LogP contribution in [0.15, 0.2) is 57.8 Å². The third-order valence-corrected chi connectivity index (χ3v) is 7.07. The van der Waals surface area contributed by atoms with E-state index in [-0.39, 0.29) is 37.5 Å². The molecule has 1 saturated heterocycles. The maximum atomic E-state index is 12.6. The minimum absolute atomic E-state index is 0. The van der Waals surface area contributed by atoms with Crippen molar-refractivity contribution in [1.82, 2.24) is 9.38 Å². The van der Waals surface area contributed by atoms with Crippen LogP contribution < -0.4 is 14.5 Å². The van der Waals surface area contributed by atoms with Gasteiger partial charge in [0.25, 0.3) is 10.0 Å². The molecule has 0 aliphatic carbocycles. The fourth-order valence-corrected chi connectivity index (χ4v) is 4.62. The van der Waals surface area contributed by atoms with E-state index in [0.717, 1.165) is 37.6 Å². The van der Waals surface area contributed by atoms with E-state index in [9.17, 15) is 13.5 Å². The maximum Gasteiger partial charge on any atom is 0.281 e. The molecule has 2 aromatic rings. The molecular formula is C21H26AuN4O3S3-2. The van der Waals surface area contributed by atoms with E-state index >= 15 is 0 Å². The van der Waals surface area contributed by atoms with Crippen LogP contribution in [0, 0.1) is 0 Å². The standard InChI is InChI=1S/C21H28N4O3S3.Au/c1-25(2,3)18-8-10-19(11-9-18)31(27,28)22-20(26)16-4-6-17(7-5-16)23-12-14-24(15-13-23)21(29)30;/h4-11,21H,12-15H2,1-3H3,(H2-,22,26,29,30);/p-2. The third kappa shape index (κ3) is 6.77. The van der Waals surface area contributed by atoms with E-state index in [1.54, 1.807) is 36.4 Å². The van der Waals surface area contributed by atoms with Crippen LogP contribution in [0.5, 0.6) is 0 Å². The van der Waals surface area contributed by atoms with Gasteiger partial charge in [-0.3, -0.25) is 4.48 Å². The van der Waals surface area contributed by atoms with E-state index in [2.05, 4.69) is 14.2 Å². The van der Waals surface area contributed by atoms with Crippen LogP contribution in [-0.4, -0.2) is 71.2 Å². The van der Waals surface area contributed by atoms with E-state index < -0.39 is 15.9 Å². The van der Waals surface area contributed by atoms with Crippen molar-refractivity contribution in [2.24, 2.45) is 4.40 Å². The second-order valence-electron chi connectivity index (χ2n) is 8.25. The zero-order valence-electron chi connectivity index (χ0n) is 18.1. The zero-order valence-corrected chi connectivity index (χ0v) is 22.7. The molecule has 11 heteroatoms. The third-order valence-electron chi connectivity index (χ3n) is 5.20. The molecule has 1 aliphatic heterocycles. The number of hydrogen-bond acceptors (Lipinski definition) is 7. The summed E-state index contributed by atoms with van der Waals surface area (Å²) in [6.07, 6.45) is 0. The molecule has 0 N–H and O–H groups in total. The Morgan fingerprint density at radius 3 is 1.97 bits per heavy atom. The van der Waals surface area contributed by atoms with Crippen molar-refractivity contribution in [2.75, 3.05) is 52.2 Å². The molecule has 0 unspecified atom stereocenters. The number of benzene rings is 2. The Bertz CT molecular complexity index is 1030. The molecule has 1 radical (unpaired) electrons. The molecule has 0 amide bonds. The molecular weight excluding hydrogens is 649 g/mol. The Labute approximate surface area is 217 Å². The van der Waals surface area contributed by atoms with Gasteiger partial charge in [-0.2, -0.15) is 12.8 Å². The molecule has 3 rings (SSSR count). The predicted octanol–water partition coefficient (Wildman–Crippen LogP) is 0.876. The van der Waals surface area contributed by atoms with Crippen molar-refractivity contribution in [3.8, 4) is 0 Å². The summed E-state index contributed by atoms with van der Waals surface area (Å²) in [6.45, 7) is 3.16. The number of anilines is 1. The van der Waals surface area contributed by atoms with Gasteiger partial charge in [0.2, 0.25) is 0 Å². The quantitative estimate of drug-likeness (QED) is 0.148. The van der Waals surface area contributed by atoms with Crippen molar-refractivity contribution in [3.63, 3.8) is 0 Å². The predicted molar refractivity (Wildman–Crippen MR) is 128 cm³/mol. The molecule has 179 valence electrons. The second-order valence-corrected chi connectivity index (χ2v) is 11.1. The minimum atomic E-state index is -4.08. The summed E-state index contributed by atoms with van der Waals surface area (Å²) in [5.74, 6) is -0.785. The summed E-state index contributed by atoms with van der Waals surface area (Å²) in [7, 11) is 1.86. The number of quaternary nitrogens is 1. The normalized spacial score (nSPS) is 16.2. The first-order valence-corrected chi connectivity index (χ1v) is 12.2. The van der Waals surface area contributed by atoms with Crippen molar-refractivity contribution in [2.45, 2.75) is 9.60 Å². The van der Waals surface area contributed by atoms with E-state index in [1.807, 2.05) is 21.1 Å². The van der Waals surface area contributed by atoms with Gasteiger partial charge in [-0.1, -0.05) is 12.1 Å². The van der Waals surface area contributed by atoms with Crippen LogP contribution in [0.1, 0.15) is 5.56 Å². The molecule has 0 aromatic heterocycles. The van der Waals surface area contributed by atoms with E-state index in [1.165, 1.54) is 12.1 Å². The van der Waals surface area contributed by atoms with Crippen molar-refractivity contribution < 1.29 is 35.9 Å².